The largest absolute Gasteiger partial charge is 0.510 e. The maximum atomic E-state index is 15.6. The van der Waals surface area contributed by atoms with Gasteiger partial charge in [-0.25, -0.2) is 17.1 Å². The number of ketones is 2. The summed E-state index contributed by atoms with van der Waals surface area (Å²) in [6, 6.07) is -0.264. The van der Waals surface area contributed by atoms with E-state index in [0.717, 1.165) is 16.6 Å². The van der Waals surface area contributed by atoms with Gasteiger partial charge in [0.15, 0.2) is 11.4 Å². The number of halogens is 1. The third kappa shape index (κ3) is 3.82. The third-order valence-corrected chi connectivity index (χ3v) is 8.95. The van der Waals surface area contributed by atoms with E-state index in [1.165, 1.54) is 26.0 Å². The predicted molar refractivity (Wildman–Crippen MR) is 130 cm³/mol. The van der Waals surface area contributed by atoms with Crippen molar-refractivity contribution in [2.75, 3.05) is 27.4 Å². The molecule has 4 rings (SSSR count). The van der Waals surface area contributed by atoms with Crippen LogP contribution in [0.1, 0.15) is 27.9 Å². The van der Waals surface area contributed by atoms with Gasteiger partial charge in [-0.05, 0) is 38.9 Å². The molecule has 0 spiro atoms. The minimum atomic E-state index is -3.69. The number of carbonyl (C=O) groups is 3. The Morgan fingerprint density at radius 1 is 1.21 bits per heavy atom. The van der Waals surface area contributed by atoms with E-state index in [1.807, 2.05) is 0 Å². The zero-order valence-corrected chi connectivity index (χ0v) is 21.8. The number of phenolic OH excluding ortho intramolecular Hbond substituents is 1. The number of likely N-dealkylation sites (N-methyl/N-ethyl adjacent to an activating group) is 1. The number of amides is 1. The average molecular weight is 554 g/mol. The highest BCUT2D eigenvalue weighted by molar-refractivity contribution is 7.88. The number of fused-ring (bicyclic) bond motifs is 3. The fourth-order valence-electron chi connectivity index (χ4n) is 5.83. The molecule has 3 aliphatic rings. The van der Waals surface area contributed by atoms with E-state index >= 15 is 4.39 Å². The number of sulfonamides is 1. The second kappa shape index (κ2) is 8.86. The van der Waals surface area contributed by atoms with Crippen LogP contribution in [0.4, 0.5) is 4.39 Å². The normalized spacial score (nSPS) is 27.5. The van der Waals surface area contributed by atoms with Crippen LogP contribution in [0, 0.1) is 17.7 Å². The molecule has 4 atom stereocenters. The van der Waals surface area contributed by atoms with Crippen molar-refractivity contribution in [2.45, 2.75) is 31.0 Å². The molecule has 1 aromatic rings. The van der Waals surface area contributed by atoms with Gasteiger partial charge in [0.05, 0.1) is 17.9 Å². The Morgan fingerprint density at radius 3 is 2.34 bits per heavy atom. The number of allylic oxidation sites excluding steroid dienone is 1. The fourth-order valence-corrected chi connectivity index (χ4v) is 6.20. The molecule has 0 saturated heterocycles. The van der Waals surface area contributed by atoms with Crippen molar-refractivity contribution in [1.82, 2.24) is 9.21 Å². The van der Waals surface area contributed by atoms with Gasteiger partial charge in [-0.15, -0.1) is 0 Å². The van der Waals surface area contributed by atoms with Crippen LogP contribution in [-0.4, -0.2) is 94.6 Å². The SMILES string of the molecule is CN(C)[C@@H]1C(O)=C(C(N)=O)C(=O)[C@@]2(O)C(O)=C3C(=O)c4c(O)cc(CN(C)S(C)(=O)=O)c(F)c4C[C@H]3C[C@@H]12. The second-order valence-electron chi connectivity index (χ2n) is 10.2. The summed E-state index contributed by atoms with van der Waals surface area (Å²) in [4.78, 5) is 40.2. The number of hydrogen-bond acceptors (Lipinski definition) is 10. The molecule has 0 aromatic heterocycles. The third-order valence-electron chi connectivity index (χ3n) is 7.69. The molecule has 12 nitrogen and oxygen atoms in total. The highest BCUT2D eigenvalue weighted by atomic mass is 32.2. The van der Waals surface area contributed by atoms with Crippen LogP contribution in [0.15, 0.2) is 28.7 Å². The molecule has 0 bridgehead atoms. The molecule has 3 aliphatic carbocycles. The number of aliphatic hydroxyl groups is 3. The number of phenols is 1. The van der Waals surface area contributed by atoms with Crippen molar-refractivity contribution in [1.29, 1.82) is 0 Å². The first-order chi connectivity index (χ1) is 17.4. The van der Waals surface area contributed by atoms with Crippen LogP contribution in [0.5, 0.6) is 5.75 Å². The first kappa shape index (κ1) is 27.7. The van der Waals surface area contributed by atoms with Crippen molar-refractivity contribution in [3.63, 3.8) is 0 Å². The molecular formula is C24H28FN3O9S. The lowest BCUT2D eigenvalue weighted by Gasteiger charge is -2.50. The molecule has 0 aliphatic heterocycles. The van der Waals surface area contributed by atoms with E-state index in [4.69, 9.17) is 5.73 Å². The van der Waals surface area contributed by atoms with Gasteiger partial charge in [0.1, 0.15) is 28.7 Å². The molecule has 6 N–H and O–H groups in total. The monoisotopic (exact) mass is 553 g/mol. The summed E-state index contributed by atoms with van der Waals surface area (Å²) in [7, 11) is 0.520. The number of Topliss-reactive ketones (excluding diaryl/α,β-unsaturated/α-hetero) is 2. The van der Waals surface area contributed by atoms with E-state index in [1.54, 1.807) is 0 Å². The van der Waals surface area contributed by atoms with Crippen LogP contribution in [0.25, 0.3) is 0 Å². The van der Waals surface area contributed by atoms with Gasteiger partial charge in [-0.1, -0.05) is 0 Å². The Hall–Kier alpha value is -3.33. The highest BCUT2D eigenvalue weighted by Gasteiger charge is 2.63. The molecule has 0 radical (unpaired) electrons. The Balaban J connectivity index is 1.90. The summed E-state index contributed by atoms with van der Waals surface area (Å²) in [6.45, 7) is -0.424. The highest BCUT2D eigenvalue weighted by Crippen LogP contribution is 2.52. The molecule has 14 heteroatoms. The van der Waals surface area contributed by atoms with Gasteiger partial charge in [0, 0.05) is 36.2 Å². The Labute approximate surface area is 217 Å². The van der Waals surface area contributed by atoms with Crippen molar-refractivity contribution >= 4 is 27.5 Å². The summed E-state index contributed by atoms with van der Waals surface area (Å²) in [6.07, 6.45) is 0.486. The van der Waals surface area contributed by atoms with Gasteiger partial charge in [-0.2, -0.15) is 0 Å². The molecule has 38 heavy (non-hydrogen) atoms. The summed E-state index contributed by atoms with van der Waals surface area (Å²) >= 11 is 0. The zero-order valence-electron chi connectivity index (χ0n) is 21.0. The van der Waals surface area contributed by atoms with E-state index in [-0.39, 0.29) is 24.0 Å². The van der Waals surface area contributed by atoms with Crippen LogP contribution >= 0.6 is 0 Å². The van der Waals surface area contributed by atoms with Crippen LogP contribution in [-0.2, 0) is 32.6 Å². The number of hydrogen-bond donors (Lipinski definition) is 5. The number of aromatic hydroxyl groups is 1. The molecule has 0 unspecified atom stereocenters. The topological polar surface area (TPSA) is 199 Å². The first-order valence-corrected chi connectivity index (χ1v) is 13.4. The number of carbonyl (C=O) groups excluding carboxylic acids is 3. The van der Waals surface area contributed by atoms with Crippen molar-refractivity contribution < 1.29 is 47.6 Å². The number of rotatable bonds is 5. The Bertz CT molecular complexity index is 1470. The maximum absolute atomic E-state index is 15.6. The van der Waals surface area contributed by atoms with Crippen molar-refractivity contribution in [3.8, 4) is 5.75 Å². The minimum absolute atomic E-state index is 0.184. The van der Waals surface area contributed by atoms with E-state index in [2.05, 4.69) is 0 Å². The van der Waals surface area contributed by atoms with E-state index < -0.39 is 97.3 Å². The number of aliphatic hydroxyl groups excluding tert-OH is 2. The predicted octanol–water partition coefficient (Wildman–Crippen LogP) is -0.349. The first-order valence-electron chi connectivity index (χ1n) is 11.5. The average Bonchev–Trinajstić information content (AvgIpc) is 2.78. The fraction of sp³-hybridized carbons (Fsp3) is 0.458. The second-order valence-corrected chi connectivity index (χ2v) is 12.3. The molecular weight excluding hydrogens is 525 g/mol. The summed E-state index contributed by atoms with van der Waals surface area (Å²) in [5.74, 6) is -9.29. The molecule has 0 fully saturated rings. The number of nitrogens with zero attached hydrogens (tertiary/aromatic N) is 2. The summed E-state index contributed by atoms with van der Waals surface area (Å²) in [5.41, 5.74) is 0.265. The van der Waals surface area contributed by atoms with Crippen molar-refractivity contribution in [2.24, 2.45) is 17.6 Å². The number of primary amides is 1. The smallest absolute Gasteiger partial charge is 0.255 e. The lowest BCUT2D eigenvalue weighted by molar-refractivity contribution is -0.148. The standard InChI is InChI=1S/C24H28FN3O9S/c1-27(2)18-12-6-9-5-11-15(13(29)7-10(17(11)25)8-28(3)38(4,36)37)19(30)14(9)21(32)24(12,35)22(33)16(20(18)31)23(26)34/h7,9,12,18,29,31-32,35H,5-6,8H2,1-4H3,(H2,26,34)/t9-,12-,18-,24-/m0/s1. The minimum Gasteiger partial charge on any atom is -0.510 e. The lowest BCUT2D eigenvalue weighted by atomic mass is 9.58. The number of benzene rings is 1. The van der Waals surface area contributed by atoms with Gasteiger partial charge in [0.2, 0.25) is 15.8 Å². The van der Waals surface area contributed by atoms with E-state index in [0.29, 0.717) is 0 Å². The van der Waals surface area contributed by atoms with Crippen molar-refractivity contribution in [3.05, 3.63) is 51.2 Å². The van der Waals surface area contributed by atoms with Crippen LogP contribution in [0.3, 0.4) is 0 Å². The molecule has 0 heterocycles. The van der Waals surface area contributed by atoms with Gasteiger partial charge >= 0.3 is 0 Å². The number of nitrogens with two attached hydrogens (primary N) is 1. The van der Waals surface area contributed by atoms with Crippen LogP contribution in [0.2, 0.25) is 0 Å². The Morgan fingerprint density at radius 2 is 1.82 bits per heavy atom. The maximum Gasteiger partial charge on any atom is 0.255 e. The quantitative estimate of drug-likeness (QED) is 0.300. The lowest BCUT2D eigenvalue weighted by Crippen LogP contribution is -2.63. The zero-order chi connectivity index (χ0) is 28.6. The molecule has 0 saturated carbocycles. The summed E-state index contributed by atoms with van der Waals surface area (Å²) < 4.78 is 40.1. The molecule has 1 aromatic carbocycles. The van der Waals surface area contributed by atoms with Gasteiger partial charge in [-0.3, -0.25) is 19.3 Å². The summed E-state index contributed by atoms with van der Waals surface area (Å²) in [5, 5.41) is 44.1. The molecule has 206 valence electrons. The Kier molecular flexibility index (Phi) is 6.46. The molecule has 1 amide bonds. The van der Waals surface area contributed by atoms with Gasteiger partial charge < -0.3 is 26.2 Å². The van der Waals surface area contributed by atoms with Crippen LogP contribution < -0.4 is 5.73 Å². The van der Waals surface area contributed by atoms with Gasteiger partial charge in [0.25, 0.3) is 5.91 Å². The van der Waals surface area contributed by atoms with E-state index in [9.17, 15) is 43.2 Å².